The molecule has 1 fully saturated rings. The number of carbonyl (C=O) groups is 1. The lowest BCUT2D eigenvalue weighted by Crippen LogP contribution is -2.34. The highest BCUT2D eigenvalue weighted by Crippen LogP contribution is 2.38. The minimum atomic E-state index is -0.421. The Hall–Kier alpha value is -2.54. The number of urea groups is 1. The van der Waals surface area contributed by atoms with Crippen molar-refractivity contribution in [2.75, 3.05) is 17.6 Å². The zero-order chi connectivity index (χ0) is 17.8. The van der Waals surface area contributed by atoms with E-state index < -0.39 is 4.92 Å². The van der Waals surface area contributed by atoms with Gasteiger partial charge in [0.05, 0.1) is 4.92 Å². The molecule has 1 unspecified atom stereocenters. The predicted molar refractivity (Wildman–Crippen MR) is 99.8 cm³/mol. The molecular formula is C18H19N3O3S. The highest BCUT2D eigenvalue weighted by molar-refractivity contribution is 7.99. The Morgan fingerprint density at radius 3 is 2.52 bits per heavy atom. The smallest absolute Gasteiger partial charge is 0.308 e. The van der Waals surface area contributed by atoms with E-state index in [1.54, 1.807) is 28.8 Å². The maximum Gasteiger partial charge on any atom is 0.323 e. The van der Waals surface area contributed by atoms with Gasteiger partial charge in [0.15, 0.2) is 0 Å². The summed E-state index contributed by atoms with van der Waals surface area (Å²) in [5.41, 5.74) is 2.93. The lowest BCUT2D eigenvalue weighted by atomic mass is 10.1. The van der Waals surface area contributed by atoms with Crippen LogP contribution in [0, 0.1) is 10.1 Å². The van der Waals surface area contributed by atoms with Crippen LogP contribution in [-0.4, -0.2) is 28.2 Å². The van der Waals surface area contributed by atoms with Crippen molar-refractivity contribution in [3.05, 3.63) is 69.8 Å². The van der Waals surface area contributed by atoms with E-state index in [9.17, 15) is 14.9 Å². The number of nitro groups is 1. The monoisotopic (exact) mass is 357 g/mol. The Kier molecular flexibility index (Phi) is 5.23. The first kappa shape index (κ1) is 17.3. The first-order valence-corrected chi connectivity index (χ1v) is 9.16. The topological polar surface area (TPSA) is 75.5 Å². The van der Waals surface area contributed by atoms with Crippen molar-refractivity contribution in [2.24, 2.45) is 0 Å². The first-order chi connectivity index (χ1) is 12.1. The first-order valence-electron chi connectivity index (χ1n) is 8.11. The zero-order valence-electron chi connectivity index (χ0n) is 13.8. The van der Waals surface area contributed by atoms with Gasteiger partial charge < -0.3 is 10.2 Å². The van der Waals surface area contributed by atoms with Crippen LogP contribution < -0.4 is 5.32 Å². The molecule has 0 radical (unpaired) electrons. The van der Waals surface area contributed by atoms with E-state index in [-0.39, 0.29) is 17.1 Å². The fourth-order valence-electron chi connectivity index (χ4n) is 2.73. The number of hydrogen-bond acceptors (Lipinski definition) is 4. The molecule has 1 N–H and O–H groups in total. The third kappa shape index (κ3) is 3.93. The second kappa shape index (κ2) is 7.57. The van der Waals surface area contributed by atoms with E-state index in [2.05, 4.69) is 12.2 Å². The maximum absolute atomic E-state index is 12.6. The number of nitrogens with zero attached hydrogens (tertiary/aromatic N) is 2. The molecule has 0 aliphatic carbocycles. The standard InChI is InChI=1S/C18H19N3O3S/c1-2-13-3-7-15(8-4-13)19-18(22)20-11-12-25-17(20)14-5-9-16(10-6-14)21(23)24/h3-10,17H,2,11-12H2,1H3,(H,19,22). The maximum atomic E-state index is 12.6. The normalized spacial score (nSPS) is 16.7. The molecule has 2 aromatic rings. The third-order valence-electron chi connectivity index (χ3n) is 4.15. The molecule has 6 nitrogen and oxygen atoms in total. The summed E-state index contributed by atoms with van der Waals surface area (Å²) in [6.07, 6.45) is 0.958. The number of carbonyl (C=O) groups excluding carboxylic acids is 1. The van der Waals surface area contributed by atoms with Crippen molar-refractivity contribution in [2.45, 2.75) is 18.7 Å². The Morgan fingerprint density at radius 2 is 1.92 bits per heavy atom. The molecule has 2 aromatic carbocycles. The fraction of sp³-hybridized carbons (Fsp3) is 0.278. The molecule has 3 rings (SSSR count). The van der Waals surface area contributed by atoms with Crippen LogP contribution in [0.25, 0.3) is 0 Å². The van der Waals surface area contributed by atoms with Crippen LogP contribution in [0.2, 0.25) is 0 Å². The van der Waals surface area contributed by atoms with E-state index in [4.69, 9.17) is 0 Å². The summed E-state index contributed by atoms with van der Waals surface area (Å²) in [5.74, 6) is 0.837. The Labute approximate surface area is 150 Å². The van der Waals surface area contributed by atoms with Crippen LogP contribution in [0.5, 0.6) is 0 Å². The summed E-state index contributed by atoms with van der Waals surface area (Å²) >= 11 is 1.66. The summed E-state index contributed by atoms with van der Waals surface area (Å²) in [6.45, 7) is 2.73. The van der Waals surface area contributed by atoms with Crippen molar-refractivity contribution in [1.82, 2.24) is 4.90 Å². The SMILES string of the molecule is CCc1ccc(NC(=O)N2CCSC2c2ccc([N+](=O)[O-])cc2)cc1. The van der Waals surface area contributed by atoms with Crippen molar-refractivity contribution in [3.8, 4) is 0 Å². The largest absolute Gasteiger partial charge is 0.323 e. The van der Waals surface area contributed by atoms with Gasteiger partial charge in [-0.05, 0) is 41.8 Å². The Morgan fingerprint density at radius 1 is 1.24 bits per heavy atom. The van der Waals surface area contributed by atoms with Gasteiger partial charge in [0.25, 0.3) is 5.69 Å². The highest BCUT2D eigenvalue weighted by atomic mass is 32.2. The average molecular weight is 357 g/mol. The number of nitro benzene ring substituents is 1. The van der Waals surface area contributed by atoms with Gasteiger partial charge in [-0.3, -0.25) is 10.1 Å². The Balaban J connectivity index is 1.71. The summed E-state index contributed by atoms with van der Waals surface area (Å²) in [6, 6.07) is 14.1. The number of hydrogen-bond donors (Lipinski definition) is 1. The number of aryl methyl sites for hydroxylation is 1. The van der Waals surface area contributed by atoms with Crippen LogP contribution in [0.1, 0.15) is 23.4 Å². The summed E-state index contributed by atoms with van der Waals surface area (Å²) in [7, 11) is 0. The van der Waals surface area contributed by atoms with Gasteiger partial charge in [0.1, 0.15) is 5.37 Å². The second-order valence-electron chi connectivity index (χ2n) is 5.75. The summed E-state index contributed by atoms with van der Waals surface area (Å²) in [5, 5.41) is 13.6. The molecule has 1 heterocycles. The number of non-ortho nitro benzene ring substituents is 1. The molecule has 0 aromatic heterocycles. The number of nitrogens with one attached hydrogen (secondary N) is 1. The van der Waals surface area contributed by atoms with Gasteiger partial charge in [-0.15, -0.1) is 11.8 Å². The number of rotatable bonds is 4. The molecule has 25 heavy (non-hydrogen) atoms. The minimum Gasteiger partial charge on any atom is -0.308 e. The van der Waals surface area contributed by atoms with Gasteiger partial charge >= 0.3 is 6.03 Å². The molecule has 1 aliphatic heterocycles. The van der Waals surface area contributed by atoms with Crippen molar-refractivity contribution >= 4 is 29.2 Å². The van der Waals surface area contributed by atoms with Gasteiger partial charge in [0.2, 0.25) is 0 Å². The molecule has 130 valence electrons. The Bertz CT molecular complexity index is 762. The minimum absolute atomic E-state index is 0.0544. The molecule has 0 bridgehead atoms. The molecule has 0 spiro atoms. The van der Waals surface area contributed by atoms with E-state index in [1.807, 2.05) is 24.3 Å². The quantitative estimate of drug-likeness (QED) is 0.648. The lowest BCUT2D eigenvalue weighted by molar-refractivity contribution is -0.384. The van der Waals surface area contributed by atoms with Crippen LogP contribution in [0.15, 0.2) is 48.5 Å². The number of amides is 2. The number of anilines is 1. The van der Waals surface area contributed by atoms with Gasteiger partial charge in [0, 0.05) is 30.1 Å². The van der Waals surface area contributed by atoms with E-state index >= 15 is 0 Å². The zero-order valence-corrected chi connectivity index (χ0v) is 14.7. The molecule has 1 aliphatic rings. The lowest BCUT2D eigenvalue weighted by Gasteiger charge is -2.24. The van der Waals surface area contributed by atoms with Crippen molar-refractivity contribution in [3.63, 3.8) is 0 Å². The molecule has 7 heteroatoms. The van der Waals surface area contributed by atoms with Gasteiger partial charge in [-0.1, -0.05) is 19.1 Å². The highest BCUT2D eigenvalue weighted by Gasteiger charge is 2.31. The van der Waals surface area contributed by atoms with Gasteiger partial charge in [-0.25, -0.2) is 4.79 Å². The van der Waals surface area contributed by atoms with Crippen LogP contribution >= 0.6 is 11.8 Å². The molecule has 1 saturated heterocycles. The molecular weight excluding hydrogens is 338 g/mol. The molecule has 2 amide bonds. The van der Waals surface area contributed by atoms with Crippen LogP contribution in [0.4, 0.5) is 16.2 Å². The summed E-state index contributed by atoms with van der Waals surface area (Å²) in [4.78, 5) is 24.7. The van der Waals surface area contributed by atoms with Crippen LogP contribution in [0.3, 0.4) is 0 Å². The van der Waals surface area contributed by atoms with E-state index in [0.717, 1.165) is 23.4 Å². The molecule has 0 saturated carbocycles. The third-order valence-corrected chi connectivity index (χ3v) is 5.42. The fourth-order valence-corrected chi connectivity index (χ4v) is 3.99. The second-order valence-corrected chi connectivity index (χ2v) is 6.93. The number of thioether (sulfide) groups is 1. The van der Waals surface area contributed by atoms with E-state index in [1.165, 1.54) is 17.7 Å². The predicted octanol–water partition coefficient (Wildman–Crippen LogP) is 4.44. The van der Waals surface area contributed by atoms with E-state index in [0.29, 0.717) is 6.54 Å². The number of benzene rings is 2. The van der Waals surface area contributed by atoms with Crippen molar-refractivity contribution in [1.29, 1.82) is 0 Å². The van der Waals surface area contributed by atoms with Crippen LogP contribution in [-0.2, 0) is 6.42 Å². The molecule has 1 atom stereocenters. The van der Waals surface area contributed by atoms with Crippen molar-refractivity contribution < 1.29 is 9.72 Å². The average Bonchev–Trinajstić information content (AvgIpc) is 3.12. The van der Waals surface area contributed by atoms with Gasteiger partial charge in [-0.2, -0.15) is 0 Å². The summed E-state index contributed by atoms with van der Waals surface area (Å²) < 4.78 is 0.